The number of amides is 2. The van der Waals surface area contributed by atoms with Gasteiger partial charge in [0.2, 0.25) is 0 Å². The van der Waals surface area contributed by atoms with Crippen LogP contribution in [0.3, 0.4) is 0 Å². The average Bonchev–Trinajstić information content (AvgIpc) is 2.61. The number of nitrogens with one attached hydrogen (secondary N) is 2. The van der Waals surface area contributed by atoms with Crippen LogP contribution < -0.4 is 16.1 Å². The van der Waals surface area contributed by atoms with Crippen molar-refractivity contribution in [2.75, 3.05) is 12.4 Å². The van der Waals surface area contributed by atoms with Gasteiger partial charge in [-0.3, -0.25) is 0 Å². The van der Waals surface area contributed by atoms with E-state index in [0.29, 0.717) is 0 Å². The number of urea groups is 1. The van der Waals surface area contributed by atoms with Crippen LogP contribution in [0.25, 0.3) is 0 Å². The Labute approximate surface area is 126 Å². The molecular formula is C15H23BN2O3. The Morgan fingerprint density at radius 2 is 1.71 bits per heavy atom. The summed E-state index contributed by atoms with van der Waals surface area (Å²) >= 11 is 0. The van der Waals surface area contributed by atoms with Crippen molar-refractivity contribution in [3.8, 4) is 0 Å². The number of rotatable bonds is 2. The molecule has 0 saturated carbocycles. The summed E-state index contributed by atoms with van der Waals surface area (Å²) in [5.74, 6) is 0. The van der Waals surface area contributed by atoms with Crippen molar-refractivity contribution in [1.82, 2.24) is 5.32 Å². The highest BCUT2D eigenvalue weighted by atomic mass is 16.7. The fourth-order valence-electron chi connectivity index (χ4n) is 2.08. The molecule has 1 heterocycles. The first-order chi connectivity index (χ1) is 9.66. The van der Waals surface area contributed by atoms with Crippen molar-refractivity contribution >= 4 is 24.3 Å². The standard InChI is InChI=1S/C15H23BN2O3/c1-10-7-8-11(9-12(10)18-13(19)17-6)16-20-14(2,3)15(4,5)21-16/h7-9H,1-6H3,(H2,17,18,19). The molecule has 114 valence electrons. The van der Waals surface area contributed by atoms with Gasteiger partial charge >= 0.3 is 13.1 Å². The maximum absolute atomic E-state index is 11.5. The SMILES string of the molecule is CNC(=O)Nc1cc(B2OC(C)(C)C(C)(C)O2)ccc1C. The average molecular weight is 290 g/mol. The zero-order valence-electron chi connectivity index (χ0n) is 13.5. The molecule has 1 aromatic rings. The first-order valence-electron chi connectivity index (χ1n) is 7.11. The summed E-state index contributed by atoms with van der Waals surface area (Å²) in [6.45, 7) is 10.0. The smallest absolute Gasteiger partial charge is 0.399 e. The van der Waals surface area contributed by atoms with Gasteiger partial charge in [0.25, 0.3) is 0 Å². The van der Waals surface area contributed by atoms with Gasteiger partial charge in [-0.2, -0.15) is 0 Å². The van der Waals surface area contributed by atoms with Crippen LogP contribution in [0.2, 0.25) is 0 Å². The molecule has 0 bridgehead atoms. The first kappa shape index (κ1) is 15.9. The van der Waals surface area contributed by atoms with E-state index in [-0.39, 0.29) is 17.2 Å². The van der Waals surface area contributed by atoms with Crippen molar-refractivity contribution in [2.24, 2.45) is 0 Å². The highest BCUT2D eigenvalue weighted by molar-refractivity contribution is 6.62. The zero-order chi connectivity index (χ0) is 15.8. The molecule has 0 aliphatic carbocycles. The molecule has 2 N–H and O–H groups in total. The molecule has 1 aliphatic heterocycles. The molecule has 2 amide bonds. The lowest BCUT2D eigenvalue weighted by atomic mass is 9.78. The summed E-state index contributed by atoms with van der Waals surface area (Å²) in [7, 11) is 1.16. The van der Waals surface area contributed by atoms with Crippen molar-refractivity contribution in [1.29, 1.82) is 0 Å². The number of anilines is 1. The second kappa shape index (κ2) is 5.35. The molecule has 0 spiro atoms. The van der Waals surface area contributed by atoms with Gasteiger partial charge < -0.3 is 19.9 Å². The summed E-state index contributed by atoms with van der Waals surface area (Å²) in [5, 5.41) is 5.35. The third-order valence-electron chi connectivity index (χ3n) is 4.26. The summed E-state index contributed by atoms with van der Waals surface area (Å²) < 4.78 is 12.1. The maximum atomic E-state index is 11.5. The van der Waals surface area contributed by atoms with Crippen LogP contribution in [-0.2, 0) is 9.31 Å². The molecule has 1 aliphatic rings. The monoisotopic (exact) mass is 290 g/mol. The second-order valence-electron chi connectivity index (χ2n) is 6.37. The molecule has 0 unspecified atom stereocenters. The summed E-state index contributed by atoms with van der Waals surface area (Å²) in [6.07, 6.45) is 0. The Bertz CT molecular complexity index is 542. The summed E-state index contributed by atoms with van der Waals surface area (Å²) in [6, 6.07) is 5.56. The van der Waals surface area contributed by atoms with Crippen LogP contribution in [0.4, 0.5) is 10.5 Å². The van der Waals surface area contributed by atoms with E-state index in [4.69, 9.17) is 9.31 Å². The van der Waals surface area contributed by atoms with E-state index in [1.807, 2.05) is 52.8 Å². The molecule has 0 atom stereocenters. The molecule has 0 aromatic heterocycles. The molecule has 6 heteroatoms. The molecule has 1 aromatic carbocycles. The predicted molar refractivity (Wildman–Crippen MR) is 85.0 cm³/mol. The Balaban J connectivity index is 2.26. The van der Waals surface area contributed by atoms with E-state index in [0.717, 1.165) is 16.7 Å². The van der Waals surface area contributed by atoms with Crippen LogP contribution in [0, 0.1) is 6.92 Å². The quantitative estimate of drug-likeness (QED) is 0.819. The molecular weight excluding hydrogens is 267 g/mol. The normalized spacial score (nSPS) is 19.4. The van der Waals surface area contributed by atoms with Crippen LogP contribution in [0.1, 0.15) is 33.3 Å². The second-order valence-corrected chi connectivity index (χ2v) is 6.37. The lowest BCUT2D eigenvalue weighted by Crippen LogP contribution is -2.41. The minimum Gasteiger partial charge on any atom is -0.399 e. The largest absolute Gasteiger partial charge is 0.494 e. The van der Waals surface area contributed by atoms with Gasteiger partial charge in [-0.25, -0.2) is 4.79 Å². The van der Waals surface area contributed by atoms with Crippen LogP contribution in [0.5, 0.6) is 0 Å². The van der Waals surface area contributed by atoms with Crippen LogP contribution in [0.15, 0.2) is 18.2 Å². The lowest BCUT2D eigenvalue weighted by Gasteiger charge is -2.32. The highest BCUT2D eigenvalue weighted by Crippen LogP contribution is 2.36. The van der Waals surface area contributed by atoms with Gasteiger partial charge in [-0.15, -0.1) is 0 Å². The van der Waals surface area contributed by atoms with Gasteiger partial charge in [0, 0.05) is 12.7 Å². The van der Waals surface area contributed by atoms with Crippen LogP contribution in [-0.4, -0.2) is 31.4 Å². The Kier molecular flexibility index (Phi) is 4.04. The molecule has 1 fully saturated rings. The topological polar surface area (TPSA) is 59.6 Å². The molecule has 1 saturated heterocycles. The van der Waals surface area contributed by atoms with Crippen molar-refractivity contribution in [2.45, 2.75) is 45.8 Å². The molecule has 21 heavy (non-hydrogen) atoms. The number of hydrogen-bond donors (Lipinski definition) is 2. The number of carbonyl (C=O) groups is 1. The molecule has 2 rings (SSSR count). The number of benzene rings is 1. The van der Waals surface area contributed by atoms with E-state index >= 15 is 0 Å². The Hall–Kier alpha value is -1.53. The van der Waals surface area contributed by atoms with Gasteiger partial charge in [-0.1, -0.05) is 12.1 Å². The minimum atomic E-state index is -0.430. The van der Waals surface area contributed by atoms with Gasteiger partial charge in [0.1, 0.15) is 0 Å². The Morgan fingerprint density at radius 3 is 2.24 bits per heavy atom. The number of hydrogen-bond acceptors (Lipinski definition) is 3. The summed E-state index contributed by atoms with van der Waals surface area (Å²) in [4.78, 5) is 11.5. The number of aryl methyl sites for hydroxylation is 1. The van der Waals surface area contributed by atoms with E-state index in [1.165, 1.54) is 0 Å². The van der Waals surface area contributed by atoms with E-state index in [9.17, 15) is 4.79 Å². The molecule has 5 nitrogen and oxygen atoms in total. The zero-order valence-corrected chi connectivity index (χ0v) is 13.5. The fraction of sp³-hybridized carbons (Fsp3) is 0.533. The van der Waals surface area contributed by atoms with Crippen molar-refractivity contribution in [3.63, 3.8) is 0 Å². The fourth-order valence-corrected chi connectivity index (χ4v) is 2.08. The van der Waals surface area contributed by atoms with Gasteiger partial charge in [-0.05, 0) is 51.7 Å². The van der Waals surface area contributed by atoms with E-state index < -0.39 is 7.12 Å². The maximum Gasteiger partial charge on any atom is 0.494 e. The Morgan fingerprint density at radius 1 is 1.14 bits per heavy atom. The van der Waals surface area contributed by atoms with Crippen molar-refractivity contribution in [3.05, 3.63) is 23.8 Å². The third-order valence-corrected chi connectivity index (χ3v) is 4.26. The lowest BCUT2D eigenvalue weighted by molar-refractivity contribution is 0.00578. The predicted octanol–water partition coefficient (Wildman–Crippen LogP) is 2.05. The van der Waals surface area contributed by atoms with E-state index in [2.05, 4.69) is 10.6 Å². The molecule has 0 radical (unpaired) electrons. The van der Waals surface area contributed by atoms with E-state index in [1.54, 1.807) is 7.05 Å². The van der Waals surface area contributed by atoms with Gasteiger partial charge in [0.05, 0.1) is 11.2 Å². The summed E-state index contributed by atoms with van der Waals surface area (Å²) in [5.41, 5.74) is 1.87. The van der Waals surface area contributed by atoms with Crippen LogP contribution >= 0.6 is 0 Å². The first-order valence-corrected chi connectivity index (χ1v) is 7.11. The van der Waals surface area contributed by atoms with Gasteiger partial charge in [0.15, 0.2) is 0 Å². The minimum absolute atomic E-state index is 0.246. The van der Waals surface area contributed by atoms with Crippen molar-refractivity contribution < 1.29 is 14.1 Å². The number of carbonyl (C=O) groups excluding carboxylic acids is 1. The highest BCUT2D eigenvalue weighted by Gasteiger charge is 2.51. The third kappa shape index (κ3) is 3.06.